The summed E-state index contributed by atoms with van der Waals surface area (Å²) in [4.78, 5) is 24.8. The summed E-state index contributed by atoms with van der Waals surface area (Å²) >= 11 is 1.39. The third kappa shape index (κ3) is 3.69. The second kappa shape index (κ2) is 7.18. The van der Waals surface area contributed by atoms with Crippen LogP contribution in [0.25, 0.3) is 10.6 Å². The molecule has 0 aliphatic rings. The van der Waals surface area contributed by atoms with Gasteiger partial charge in [0.25, 0.3) is 5.91 Å². The van der Waals surface area contributed by atoms with Gasteiger partial charge >= 0.3 is 0 Å². The van der Waals surface area contributed by atoms with Gasteiger partial charge in [-0.25, -0.2) is 0 Å². The van der Waals surface area contributed by atoms with E-state index in [1.54, 1.807) is 37.4 Å². The monoisotopic (exact) mass is 357 g/mol. The molecule has 2 amide bonds. The molecule has 8 heteroatoms. The van der Waals surface area contributed by atoms with Crippen molar-refractivity contribution >= 4 is 29.0 Å². The van der Waals surface area contributed by atoms with Crippen LogP contribution in [0.5, 0.6) is 5.75 Å². The summed E-state index contributed by atoms with van der Waals surface area (Å²) in [7, 11) is 1.55. The van der Waals surface area contributed by atoms with Crippen LogP contribution in [0.15, 0.2) is 46.3 Å². The molecule has 1 aromatic carbocycles. The van der Waals surface area contributed by atoms with Crippen LogP contribution in [-0.2, 0) is 11.2 Å². The fourth-order valence-corrected chi connectivity index (χ4v) is 3.04. The predicted molar refractivity (Wildman–Crippen MR) is 93.7 cm³/mol. The van der Waals surface area contributed by atoms with Crippen LogP contribution in [0.3, 0.4) is 0 Å². The number of ether oxygens (including phenoxy) is 1. The zero-order valence-corrected chi connectivity index (χ0v) is 14.1. The molecule has 0 atom stereocenters. The number of amides is 2. The lowest BCUT2D eigenvalue weighted by Crippen LogP contribution is -2.18. The van der Waals surface area contributed by atoms with E-state index in [1.165, 1.54) is 11.3 Å². The van der Waals surface area contributed by atoms with E-state index in [9.17, 15) is 9.59 Å². The van der Waals surface area contributed by atoms with Crippen molar-refractivity contribution < 1.29 is 18.8 Å². The first-order chi connectivity index (χ1) is 12.1. The van der Waals surface area contributed by atoms with E-state index in [-0.39, 0.29) is 23.8 Å². The van der Waals surface area contributed by atoms with Crippen LogP contribution in [0, 0.1) is 0 Å². The predicted octanol–water partition coefficient (Wildman–Crippen LogP) is 2.69. The van der Waals surface area contributed by atoms with Gasteiger partial charge < -0.3 is 15.0 Å². The number of benzene rings is 1. The first-order valence-corrected chi connectivity index (χ1v) is 8.22. The van der Waals surface area contributed by atoms with Gasteiger partial charge in [-0.2, -0.15) is 0 Å². The summed E-state index contributed by atoms with van der Waals surface area (Å²) in [5.74, 6) is -0.475. The number of thiophene rings is 1. The van der Waals surface area contributed by atoms with E-state index in [2.05, 4.69) is 10.5 Å². The van der Waals surface area contributed by atoms with Gasteiger partial charge in [-0.15, -0.1) is 11.3 Å². The summed E-state index contributed by atoms with van der Waals surface area (Å²) in [6.07, 6.45) is 0.0877. The highest BCUT2D eigenvalue weighted by atomic mass is 32.1. The Balaban J connectivity index is 1.80. The molecular weight excluding hydrogens is 342 g/mol. The average Bonchev–Trinajstić information content (AvgIpc) is 3.24. The van der Waals surface area contributed by atoms with Gasteiger partial charge in [0, 0.05) is 0 Å². The molecule has 7 nitrogen and oxygen atoms in total. The highest BCUT2D eigenvalue weighted by Crippen LogP contribution is 2.31. The Bertz CT molecular complexity index is 903. The molecule has 0 fully saturated rings. The molecule has 0 radical (unpaired) electrons. The third-order valence-corrected chi connectivity index (χ3v) is 4.32. The van der Waals surface area contributed by atoms with Crippen molar-refractivity contribution in [3.05, 3.63) is 52.9 Å². The van der Waals surface area contributed by atoms with Crippen molar-refractivity contribution in [1.29, 1.82) is 0 Å². The standard InChI is InChI=1S/C17H15N3O4S/c1-23-11-5-2-4-10(8-11)9-13(21)19-17-14(16(18)22)15(20-24-17)12-6-3-7-25-12/h2-8H,9H2,1H3,(H2,18,22)(H,19,21). The zero-order chi connectivity index (χ0) is 17.8. The van der Waals surface area contributed by atoms with Crippen LogP contribution in [0.4, 0.5) is 5.88 Å². The van der Waals surface area contributed by atoms with Crippen LogP contribution >= 0.6 is 11.3 Å². The Hall–Kier alpha value is -3.13. The first-order valence-electron chi connectivity index (χ1n) is 7.34. The number of carbonyl (C=O) groups is 2. The highest BCUT2D eigenvalue weighted by molar-refractivity contribution is 7.13. The van der Waals surface area contributed by atoms with E-state index in [0.717, 1.165) is 10.4 Å². The molecule has 3 aromatic rings. The second-order valence-corrected chi connectivity index (χ2v) is 6.10. The van der Waals surface area contributed by atoms with Crippen LogP contribution in [-0.4, -0.2) is 24.1 Å². The molecule has 0 unspecified atom stereocenters. The van der Waals surface area contributed by atoms with Crippen molar-refractivity contribution in [1.82, 2.24) is 5.16 Å². The van der Waals surface area contributed by atoms with Crippen LogP contribution < -0.4 is 15.8 Å². The Morgan fingerprint density at radius 1 is 1.32 bits per heavy atom. The molecule has 2 aromatic heterocycles. The van der Waals surface area contributed by atoms with Gasteiger partial charge in [0.2, 0.25) is 11.8 Å². The summed E-state index contributed by atoms with van der Waals surface area (Å²) < 4.78 is 10.3. The number of rotatable bonds is 6. The molecular formula is C17H15N3O4S. The molecule has 0 spiro atoms. The lowest BCUT2D eigenvalue weighted by molar-refractivity contribution is -0.115. The van der Waals surface area contributed by atoms with Crippen molar-refractivity contribution in [2.75, 3.05) is 12.4 Å². The van der Waals surface area contributed by atoms with E-state index in [1.807, 2.05) is 11.4 Å². The Morgan fingerprint density at radius 2 is 2.16 bits per heavy atom. The number of nitrogens with zero attached hydrogens (tertiary/aromatic N) is 1. The van der Waals surface area contributed by atoms with Gasteiger partial charge in [0.05, 0.1) is 18.4 Å². The SMILES string of the molecule is COc1cccc(CC(=O)Nc2onc(-c3cccs3)c2C(N)=O)c1. The quantitative estimate of drug-likeness (QED) is 0.705. The fourth-order valence-electron chi connectivity index (χ4n) is 2.32. The van der Waals surface area contributed by atoms with Crippen molar-refractivity contribution in [2.24, 2.45) is 5.73 Å². The molecule has 0 aliphatic carbocycles. The van der Waals surface area contributed by atoms with Crippen LogP contribution in [0.2, 0.25) is 0 Å². The third-order valence-electron chi connectivity index (χ3n) is 3.44. The largest absolute Gasteiger partial charge is 0.497 e. The molecule has 0 bridgehead atoms. The van der Waals surface area contributed by atoms with E-state index >= 15 is 0 Å². The molecule has 2 heterocycles. The van der Waals surface area contributed by atoms with Gasteiger partial charge in [-0.1, -0.05) is 23.4 Å². The number of nitrogens with one attached hydrogen (secondary N) is 1. The maximum Gasteiger partial charge on any atom is 0.256 e. The number of nitrogens with two attached hydrogens (primary N) is 1. The molecule has 3 rings (SSSR count). The van der Waals surface area contributed by atoms with Gasteiger partial charge in [0.15, 0.2) is 0 Å². The topological polar surface area (TPSA) is 107 Å². The average molecular weight is 357 g/mol. The van der Waals surface area contributed by atoms with E-state index in [4.69, 9.17) is 15.0 Å². The Labute approximate surface area is 147 Å². The zero-order valence-electron chi connectivity index (χ0n) is 13.3. The lowest BCUT2D eigenvalue weighted by Gasteiger charge is -2.05. The number of carbonyl (C=O) groups excluding carboxylic acids is 2. The van der Waals surface area contributed by atoms with Crippen LogP contribution in [0.1, 0.15) is 15.9 Å². The van der Waals surface area contributed by atoms with Gasteiger partial charge in [0.1, 0.15) is 17.0 Å². The molecule has 0 saturated carbocycles. The van der Waals surface area contributed by atoms with Gasteiger partial charge in [-0.05, 0) is 29.1 Å². The van der Waals surface area contributed by atoms with E-state index in [0.29, 0.717) is 11.4 Å². The maximum atomic E-state index is 12.3. The number of methoxy groups -OCH3 is 1. The number of aromatic nitrogens is 1. The minimum atomic E-state index is -0.721. The van der Waals surface area contributed by atoms with Gasteiger partial charge in [-0.3, -0.25) is 14.9 Å². The Morgan fingerprint density at radius 3 is 2.84 bits per heavy atom. The van der Waals surface area contributed by atoms with Crippen molar-refractivity contribution in [3.8, 4) is 16.3 Å². The summed E-state index contributed by atoms with van der Waals surface area (Å²) in [5, 5.41) is 8.27. The number of primary amides is 1. The fraction of sp³-hybridized carbons (Fsp3) is 0.118. The van der Waals surface area contributed by atoms with E-state index < -0.39 is 5.91 Å². The second-order valence-electron chi connectivity index (χ2n) is 5.15. The molecule has 0 aliphatic heterocycles. The Kier molecular flexibility index (Phi) is 4.80. The minimum Gasteiger partial charge on any atom is -0.497 e. The number of hydrogen-bond donors (Lipinski definition) is 2. The first kappa shape index (κ1) is 16.7. The molecule has 128 valence electrons. The normalized spacial score (nSPS) is 10.4. The maximum absolute atomic E-state index is 12.3. The number of hydrogen-bond acceptors (Lipinski definition) is 6. The number of anilines is 1. The lowest BCUT2D eigenvalue weighted by atomic mass is 10.1. The summed E-state index contributed by atoms with van der Waals surface area (Å²) in [6, 6.07) is 10.7. The smallest absolute Gasteiger partial charge is 0.256 e. The summed E-state index contributed by atoms with van der Waals surface area (Å²) in [5.41, 5.74) is 6.57. The minimum absolute atomic E-state index is 0.0520. The summed E-state index contributed by atoms with van der Waals surface area (Å²) in [6.45, 7) is 0. The van der Waals surface area contributed by atoms with Crippen molar-refractivity contribution in [3.63, 3.8) is 0 Å². The van der Waals surface area contributed by atoms with Crippen molar-refractivity contribution in [2.45, 2.75) is 6.42 Å². The molecule has 3 N–H and O–H groups in total. The highest BCUT2D eigenvalue weighted by Gasteiger charge is 2.24. The molecule has 25 heavy (non-hydrogen) atoms. The molecule has 0 saturated heterocycles.